The van der Waals surface area contributed by atoms with Gasteiger partial charge in [-0.1, -0.05) is 20.8 Å². The van der Waals surface area contributed by atoms with E-state index in [0.717, 1.165) is 5.92 Å². The molecule has 2 saturated carbocycles. The van der Waals surface area contributed by atoms with Crippen LogP contribution in [0.3, 0.4) is 0 Å². The lowest BCUT2D eigenvalue weighted by atomic mass is 9.69. The number of nitrogens with zero attached hydrogens (tertiary/aromatic N) is 1. The maximum Gasteiger partial charge on any atom is 0.0299 e. The highest BCUT2D eigenvalue weighted by Gasteiger charge is 2.61. The summed E-state index contributed by atoms with van der Waals surface area (Å²) in [6, 6.07) is 0.598. The van der Waals surface area contributed by atoms with Crippen LogP contribution in [0.4, 0.5) is 0 Å². The molecule has 0 aromatic heterocycles. The molecule has 0 saturated heterocycles. The second kappa shape index (κ2) is 3.36. The minimum atomic E-state index is 0. The van der Waals surface area contributed by atoms with Gasteiger partial charge in [-0.25, -0.2) is 5.01 Å². The second-order valence-electron chi connectivity index (χ2n) is 5.79. The molecule has 0 spiro atoms. The fourth-order valence-electron chi connectivity index (χ4n) is 3.78. The Hall–Kier alpha value is 0.210. The summed E-state index contributed by atoms with van der Waals surface area (Å²) in [6.07, 6.45) is 4.07. The fraction of sp³-hybridized carbons (Fsp3) is 1.00. The fourth-order valence-corrected chi connectivity index (χ4v) is 3.78. The van der Waals surface area contributed by atoms with E-state index in [-0.39, 0.29) is 12.4 Å². The summed E-state index contributed by atoms with van der Waals surface area (Å²) in [7, 11) is 2.02. The van der Waals surface area contributed by atoms with E-state index in [9.17, 15) is 0 Å². The Morgan fingerprint density at radius 3 is 2.07 bits per heavy atom. The molecule has 0 radical (unpaired) electrons. The third kappa shape index (κ3) is 1.24. The molecule has 2 bridgehead atoms. The van der Waals surface area contributed by atoms with Crippen molar-refractivity contribution in [1.29, 1.82) is 0 Å². The van der Waals surface area contributed by atoms with Gasteiger partial charge in [0.2, 0.25) is 0 Å². The molecule has 0 aliphatic heterocycles. The molecule has 14 heavy (non-hydrogen) atoms. The van der Waals surface area contributed by atoms with Crippen molar-refractivity contribution >= 4 is 12.4 Å². The quantitative estimate of drug-likeness (QED) is 0.541. The van der Waals surface area contributed by atoms with Gasteiger partial charge in [0.05, 0.1) is 0 Å². The number of hydrazine groups is 1. The van der Waals surface area contributed by atoms with Crippen LogP contribution in [-0.2, 0) is 0 Å². The average molecular weight is 219 g/mol. The molecule has 0 aromatic rings. The first kappa shape index (κ1) is 12.3. The monoisotopic (exact) mass is 218 g/mol. The normalized spacial score (nSPS) is 44.1. The van der Waals surface area contributed by atoms with Gasteiger partial charge in [0.1, 0.15) is 0 Å². The predicted octanol–water partition coefficient (Wildman–Crippen LogP) is 2.43. The summed E-state index contributed by atoms with van der Waals surface area (Å²) in [4.78, 5) is 0. The van der Waals surface area contributed by atoms with Crippen LogP contribution in [0.25, 0.3) is 0 Å². The van der Waals surface area contributed by atoms with E-state index >= 15 is 0 Å². The third-order valence-electron chi connectivity index (χ3n) is 5.24. The van der Waals surface area contributed by atoms with Gasteiger partial charge in [-0.2, -0.15) is 0 Å². The molecule has 2 rings (SSSR count). The van der Waals surface area contributed by atoms with Crippen molar-refractivity contribution in [3.63, 3.8) is 0 Å². The minimum Gasteiger partial charge on any atom is -0.269 e. The summed E-state index contributed by atoms with van der Waals surface area (Å²) in [5, 5.41) is 1.95. The number of hydrogen-bond donors (Lipinski definition) is 1. The van der Waals surface area contributed by atoms with Crippen LogP contribution in [0.5, 0.6) is 0 Å². The van der Waals surface area contributed by atoms with E-state index in [1.807, 2.05) is 12.1 Å². The summed E-state index contributed by atoms with van der Waals surface area (Å²) in [5.74, 6) is 6.82. The third-order valence-corrected chi connectivity index (χ3v) is 5.24. The lowest BCUT2D eigenvalue weighted by molar-refractivity contribution is 0.0582. The molecule has 3 heteroatoms. The summed E-state index contributed by atoms with van der Waals surface area (Å²) >= 11 is 0. The smallest absolute Gasteiger partial charge is 0.0299 e. The SMILES string of the molecule is CN(N)C1CC2CCC1(C)C2(C)C.Cl. The Bertz CT molecular complexity index is 227. The van der Waals surface area contributed by atoms with E-state index < -0.39 is 0 Å². The minimum absolute atomic E-state index is 0. The van der Waals surface area contributed by atoms with Gasteiger partial charge in [0.25, 0.3) is 0 Å². The number of hydrogen-bond acceptors (Lipinski definition) is 2. The van der Waals surface area contributed by atoms with E-state index in [1.54, 1.807) is 0 Å². The lowest BCUT2D eigenvalue weighted by Crippen LogP contribution is -2.48. The number of fused-ring (bicyclic) bond motifs is 2. The van der Waals surface area contributed by atoms with Crippen LogP contribution in [0.1, 0.15) is 40.0 Å². The molecule has 2 aliphatic carbocycles. The van der Waals surface area contributed by atoms with Crippen molar-refractivity contribution in [3.8, 4) is 0 Å². The standard InChI is InChI=1S/C11H22N2.ClH/c1-10(2)8-5-6-11(10,3)9(7-8)13(4)12;/h8-9H,5-7,12H2,1-4H3;1H. The maximum absolute atomic E-state index is 5.92. The van der Waals surface area contributed by atoms with Gasteiger partial charge in [0, 0.05) is 13.1 Å². The van der Waals surface area contributed by atoms with Crippen LogP contribution >= 0.6 is 12.4 Å². The van der Waals surface area contributed by atoms with Crippen LogP contribution in [0, 0.1) is 16.7 Å². The van der Waals surface area contributed by atoms with Crippen LogP contribution in [0.15, 0.2) is 0 Å². The molecule has 2 aliphatic rings. The molecule has 3 unspecified atom stereocenters. The molecule has 0 heterocycles. The van der Waals surface area contributed by atoms with Crippen LogP contribution in [-0.4, -0.2) is 18.1 Å². The molecule has 3 atom stereocenters. The van der Waals surface area contributed by atoms with Crippen molar-refractivity contribution in [2.24, 2.45) is 22.6 Å². The zero-order valence-corrected chi connectivity index (χ0v) is 10.5. The van der Waals surface area contributed by atoms with Gasteiger partial charge in [0.15, 0.2) is 0 Å². The lowest BCUT2D eigenvalue weighted by Gasteiger charge is -2.41. The average Bonchev–Trinajstić information content (AvgIpc) is 2.34. The van der Waals surface area contributed by atoms with Gasteiger partial charge in [-0.15, -0.1) is 12.4 Å². The molecule has 2 fully saturated rings. The van der Waals surface area contributed by atoms with Gasteiger partial charge in [-0.3, -0.25) is 5.84 Å². The number of halogens is 1. The molecule has 84 valence electrons. The molecule has 2 nitrogen and oxygen atoms in total. The Morgan fingerprint density at radius 1 is 1.29 bits per heavy atom. The molecular weight excluding hydrogens is 196 g/mol. The molecular formula is C11H23ClN2. The van der Waals surface area contributed by atoms with Crippen molar-refractivity contribution in [2.75, 3.05) is 7.05 Å². The van der Waals surface area contributed by atoms with Crippen molar-refractivity contribution in [3.05, 3.63) is 0 Å². The highest BCUT2D eigenvalue weighted by atomic mass is 35.5. The van der Waals surface area contributed by atoms with Crippen molar-refractivity contribution in [2.45, 2.75) is 46.1 Å². The van der Waals surface area contributed by atoms with Crippen LogP contribution in [0.2, 0.25) is 0 Å². The zero-order valence-electron chi connectivity index (χ0n) is 9.71. The highest BCUT2D eigenvalue weighted by molar-refractivity contribution is 5.85. The first-order chi connectivity index (χ1) is 5.89. The Labute approximate surface area is 93.6 Å². The topological polar surface area (TPSA) is 29.3 Å². The Morgan fingerprint density at radius 2 is 1.86 bits per heavy atom. The summed E-state index contributed by atoms with van der Waals surface area (Å²) in [5.41, 5.74) is 0.937. The van der Waals surface area contributed by atoms with E-state index in [0.29, 0.717) is 16.9 Å². The van der Waals surface area contributed by atoms with Crippen LogP contribution < -0.4 is 5.84 Å². The summed E-state index contributed by atoms with van der Waals surface area (Å²) in [6.45, 7) is 7.27. The van der Waals surface area contributed by atoms with E-state index in [2.05, 4.69) is 20.8 Å². The Kier molecular flexibility index (Phi) is 2.95. The van der Waals surface area contributed by atoms with Crippen molar-refractivity contribution in [1.82, 2.24) is 5.01 Å². The number of nitrogens with two attached hydrogens (primary N) is 1. The largest absolute Gasteiger partial charge is 0.269 e. The first-order valence-electron chi connectivity index (χ1n) is 5.37. The van der Waals surface area contributed by atoms with Gasteiger partial charge < -0.3 is 0 Å². The molecule has 2 N–H and O–H groups in total. The summed E-state index contributed by atoms with van der Waals surface area (Å²) < 4.78 is 0. The number of rotatable bonds is 1. The zero-order chi connectivity index (χ0) is 9.85. The van der Waals surface area contributed by atoms with E-state index in [4.69, 9.17) is 5.84 Å². The highest BCUT2D eigenvalue weighted by Crippen LogP contribution is 2.66. The molecule has 0 amide bonds. The second-order valence-corrected chi connectivity index (χ2v) is 5.79. The van der Waals surface area contributed by atoms with Gasteiger partial charge >= 0.3 is 0 Å². The molecule has 0 aromatic carbocycles. The first-order valence-corrected chi connectivity index (χ1v) is 5.37. The maximum atomic E-state index is 5.92. The van der Waals surface area contributed by atoms with E-state index in [1.165, 1.54) is 19.3 Å². The van der Waals surface area contributed by atoms with Crippen molar-refractivity contribution < 1.29 is 0 Å². The van der Waals surface area contributed by atoms with Gasteiger partial charge in [-0.05, 0) is 36.0 Å². The Balaban J connectivity index is 0.000000980. The predicted molar refractivity (Wildman–Crippen MR) is 62.2 cm³/mol.